The predicted octanol–water partition coefficient (Wildman–Crippen LogP) is 3.64. The molecule has 3 aromatic heterocycles. The molecular weight excluding hydrogens is 370 g/mol. The topological polar surface area (TPSA) is 89.8 Å². The van der Waals surface area contributed by atoms with Crippen LogP contribution in [-0.4, -0.2) is 25.7 Å². The van der Waals surface area contributed by atoms with Crippen molar-refractivity contribution in [2.24, 2.45) is 0 Å². The molecular formula is C17H21N5O2S2. The Hall–Kier alpha value is -2.13. The highest BCUT2D eigenvalue weighted by Crippen LogP contribution is 2.27. The van der Waals surface area contributed by atoms with Gasteiger partial charge in [0.2, 0.25) is 11.0 Å². The lowest BCUT2D eigenvalue weighted by molar-refractivity contribution is -0.119. The van der Waals surface area contributed by atoms with Gasteiger partial charge in [-0.1, -0.05) is 32.1 Å². The molecule has 1 N–H and O–H groups in total. The van der Waals surface area contributed by atoms with Gasteiger partial charge in [-0.05, 0) is 25.8 Å². The summed E-state index contributed by atoms with van der Waals surface area (Å²) >= 11 is 2.85. The van der Waals surface area contributed by atoms with Crippen molar-refractivity contribution >= 4 is 43.9 Å². The molecule has 26 heavy (non-hydrogen) atoms. The Balaban J connectivity index is 1.94. The van der Waals surface area contributed by atoms with Crippen LogP contribution in [0.4, 0.5) is 5.13 Å². The number of thiophene rings is 1. The van der Waals surface area contributed by atoms with E-state index in [0.29, 0.717) is 21.8 Å². The van der Waals surface area contributed by atoms with Gasteiger partial charge < -0.3 is 0 Å². The Bertz CT molecular complexity index is 1020. The second-order valence-electron chi connectivity index (χ2n) is 6.43. The van der Waals surface area contributed by atoms with Crippen molar-refractivity contribution in [2.45, 2.75) is 53.0 Å². The molecule has 3 heterocycles. The maximum Gasteiger partial charge on any atom is 0.263 e. The second kappa shape index (κ2) is 7.24. The summed E-state index contributed by atoms with van der Waals surface area (Å²) in [4.78, 5) is 31.8. The number of fused-ring (bicyclic) bond motifs is 1. The molecule has 1 amide bonds. The fourth-order valence-electron chi connectivity index (χ4n) is 2.69. The lowest BCUT2D eigenvalue weighted by Gasteiger charge is -2.16. The molecule has 0 spiro atoms. The van der Waals surface area contributed by atoms with Gasteiger partial charge in [-0.25, -0.2) is 4.98 Å². The maximum absolute atomic E-state index is 12.9. The van der Waals surface area contributed by atoms with Crippen LogP contribution in [-0.2, 0) is 4.79 Å². The first kappa shape index (κ1) is 18.7. The molecule has 0 aliphatic rings. The molecule has 1 atom stereocenters. The summed E-state index contributed by atoms with van der Waals surface area (Å²) in [6.07, 6.45) is 1.93. The minimum Gasteiger partial charge on any atom is -0.299 e. The van der Waals surface area contributed by atoms with Crippen LogP contribution in [0.3, 0.4) is 0 Å². The molecule has 0 bridgehead atoms. The van der Waals surface area contributed by atoms with E-state index in [2.05, 4.69) is 20.5 Å². The van der Waals surface area contributed by atoms with Crippen molar-refractivity contribution in [1.82, 2.24) is 19.7 Å². The molecule has 3 rings (SSSR count). The molecule has 9 heteroatoms. The summed E-state index contributed by atoms with van der Waals surface area (Å²) in [7, 11) is 0. The predicted molar refractivity (Wildman–Crippen MR) is 105 cm³/mol. The van der Waals surface area contributed by atoms with Gasteiger partial charge in [0.25, 0.3) is 5.56 Å². The highest BCUT2D eigenvalue weighted by atomic mass is 32.1. The van der Waals surface area contributed by atoms with E-state index in [1.165, 1.54) is 33.6 Å². The molecule has 0 aromatic carbocycles. The van der Waals surface area contributed by atoms with Crippen molar-refractivity contribution in [3.8, 4) is 0 Å². The number of amides is 1. The van der Waals surface area contributed by atoms with Crippen LogP contribution < -0.4 is 10.9 Å². The minimum absolute atomic E-state index is 0.181. The van der Waals surface area contributed by atoms with E-state index >= 15 is 0 Å². The number of hydrogen-bond acceptors (Lipinski definition) is 7. The van der Waals surface area contributed by atoms with Crippen LogP contribution in [0.15, 0.2) is 11.1 Å². The number of nitrogens with zero attached hydrogens (tertiary/aromatic N) is 4. The third kappa shape index (κ3) is 3.28. The molecule has 0 aliphatic carbocycles. The van der Waals surface area contributed by atoms with Gasteiger partial charge in [-0.3, -0.25) is 19.5 Å². The molecule has 0 fully saturated rings. The number of carbonyl (C=O) groups is 1. The van der Waals surface area contributed by atoms with Crippen molar-refractivity contribution in [1.29, 1.82) is 0 Å². The van der Waals surface area contributed by atoms with Crippen LogP contribution in [0.25, 0.3) is 10.2 Å². The lowest BCUT2D eigenvalue weighted by atomic mass is 10.2. The Morgan fingerprint density at radius 3 is 2.62 bits per heavy atom. The number of aryl methyl sites for hydroxylation is 2. The van der Waals surface area contributed by atoms with Crippen LogP contribution >= 0.6 is 22.7 Å². The van der Waals surface area contributed by atoms with Crippen LogP contribution in [0.2, 0.25) is 0 Å². The molecule has 7 nitrogen and oxygen atoms in total. The Morgan fingerprint density at radius 1 is 1.27 bits per heavy atom. The third-order valence-electron chi connectivity index (χ3n) is 4.30. The summed E-state index contributed by atoms with van der Waals surface area (Å²) in [6.45, 7) is 9.79. The van der Waals surface area contributed by atoms with Crippen LogP contribution in [0, 0.1) is 13.8 Å². The Kier molecular flexibility index (Phi) is 5.19. The fraction of sp³-hybridized carbons (Fsp3) is 0.471. The zero-order chi connectivity index (χ0) is 19.0. The minimum atomic E-state index is -0.648. The average Bonchev–Trinajstić information content (AvgIpc) is 3.16. The van der Waals surface area contributed by atoms with Gasteiger partial charge in [-0.15, -0.1) is 21.5 Å². The van der Waals surface area contributed by atoms with Gasteiger partial charge in [0.15, 0.2) is 0 Å². The first-order valence-corrected chi connectivity index (χ1v) is 10.1. The van der Waals surface area contributed by atoms with Gasteiger partial charge in [0.1, 0.15) is 15.9 Å². The summed E-state index contributed by atoms with van der Waals surface area (Å²) in [5, 5.41) is 12.8. The van der Waals surface area contributed by atoms with E-state index in [9.17, 15) is 9.59 Å². The van der Waals surface area contributed by atoms with Gasteiger partial charge >= 0.3 is 0 Å². The highest BCUT2D eigenvalue weighted by Gasteiger charge is 2.23. The third-order valence-corrected chi connectivity index (χ3v) is 6.56. The number of hydrogen-bond donors (Lipinski definition) is 1. The molecule has 0 radical (unpaired) electrons. The van der Waals surface area contributed by atoms with E-state index in [1.807, 2.05) is 34.6 Å². The first-order valence-electron chi connectivity index (χ1n) is 8.44. The number of aromatic nitrogens is 4. The van der Waals surface area contributed by atoms with Crippen molar-refractivity contribution in [3.05, 3.63) is 32.1 Å². The summed E-state index contributed by atoms with van der Waals surface area (Å²) in [6, 6.07) is -0.648. The largest absolute Gasteiger partial charge is 0.299 e. The summed E-state index contributed by atoms with van der Waals surface area (Å²) in [5.74, 6) is -0.0361. The normalized spacial score (nSPS) is 12.7. The summed E-state index contributed by atoms with van der Waals surface area (Å²) in [5.41, 5.74) is 0.747. The number of carbonyl (C=O) groups excluding carboxylic acids is 1. The van der Waals surface area contributed by atoms with Gasteiger partial charge in [0.05, 0.1) is 11.7 Å². The van der Waals surface area contributed by atoms with Gasteiger partial charge in [0, 0.05) is 10.8 Å². The quantitative estimate of drug-likeness (QED) is 0.717. The zero-order valence-electron chi connectivity index (χ0n) is 15.4. The molecule has 0 saturated carbocycles. The summed E-state index contributed by atoms with van der Waals surface area (Å²) < 4.78 is 1.42. The van der Waals surface area contributed by atoms with Crippen molar-refractivity contribution in [3.63, 3.8) is 0 Å². The van der Waals surface area contributed by atoms with Crippen LogP contribution in [0.5, 0.6) is 0 Å². The molecule has 0 aliphatic heterocycles. The van der Waals surface area contributed by atoms with Crippen molar-refractivity contribution in [2.75, 3.05) is 5.32 Å². The molecule has 3 aromatic rings. The second-order valence-corrected chi connectivity index (χ2v) is 8.65. The first-order chi connectivity index (χ1) is 12.3. The van der Waals surface area contributed by atoms with E-state index in [4.69, 9.17) is 0 Å². The highest BCUT2D eigenvalue weighted by molar-refractivity contribution is 7.18. The maximum atomic E-state index is 12.9. The Morgan fingerprint density at radius 2 is 2.00 bits per heavy atom. The number of rotatable bonds is 5. The van der Waals surface area contributed by atoms with Crippen molar-refractivity contribution < 1.29 is 4.79 Å². The molecule has 1 unspecified atom stereocenters. The fourth-order valence-corrected chi connectivity index (χ4v) is 4.42. The standard InChI is InChI=1S/C17H21N5O2S2/c1-6-11(13(23)19-17-21-20-14(26-17)8(2)3)22-7-18-15-12(16(22)24)9(4)10(5)25-15/h7-8,11H,6H2,1-5H3,(H,19,21,23). The average molecular weight is 392 g/mol. The number of nitrogens with one attached hydrogen (secondary N) is 1. The smallest absolute Gasteiger partial charge is 0.263 e. The Labute approximate surface area is 159 Å². The molecule has 138 valence electrons. The van der Waals surface area contributed by atoms with Crippen LogP contribution in [0.1, 0.15) is 54.6 Å². The number of anilines is 1. The van der Waals surface area contributed by atoms with Gasteiger partial charge in [-0.2, -0.15) is 0 Å². The monoisotopic (exact) mass is 391 g/mol. The van der Waals surface area contributed by atoms with E-state index in [1.54, 1.807) is 0 Å². The SMILES string of the molecule is CCC(C(=O)Nc1nnc(C(C)C)s1)n1cnc2sc(C)c(C)c2c1=O. The molecule has 0 saturated heterocycles. The van der Waals surface area contributed by atoms with E-state index < -0.39 is 6.04 Å². The lowest BCUT2D eigenvalue weighted by Crippen LogP contribution is -2.33. The van der Waals surface area contributed by atoms with E-state index in [-0.39, 0.29) is 17.4 Å². The zero-order valence-corrected chi connectivity index (χ0v) is 17.0. The van der Waals surface area contributed by atoms with E-state index in [0.717, 1.165) is 15.4 Å².